The zero-order valence-electron chi connectivity index (χ0n) is 10.7. The zero-order chi connectivity index (χ0) is 13.0. The predicted octanol–water partition coefficient (Wildman–Crippen LogP) is 1.99. The fraction of sp³-hybridized carbons (Fsp3) is 0.462. The maximum absolute atomic E-state index is 12.3. The molecule has 2 rings (SSSR count). The van der Waals surface area contributed by atoms with Gasteiger partial charge in [0.2, 0.25) is 0 Å². The van der Waals surface area contributed by atoms with Crippen LogP contribution in [0.5, 0.6) is 6.01 Å². The van der Waals surface area contributed by atoms with E-state index in [2.05, 4.69) is 9.97 Å². The van der Waals surface area contributed by atoms with Crippen LogP contribution in [-0.2, 0) is 6.54 Å². The van der Waals surface area contributed by atoms with Crippen LogP contribution in [0.15, 0.2) is 23.1 Å². The number of hydrogen-bond donors (Lipinski definition) is 0. The first-order valence-electron chi connectivity index (χ1n) is 6.26. The van der Waals surface area contributed by atoms with Crippen LogP contribution in [0.3, 0.4) is 0 Å². The predicted molar refractivity (Wildman–Crippen MR) is 69.9 cm³/mol. The first-order chi connectivity index (χ1) is 8.77. The third-order valence-corrected chi connectivity index (χ3v) is 2.58. The third kappa shape index (κ3) is 2.34. The van der Waals surface area contributed by atoms with Crippen LogP contribution in [-0.4, -0.2) is 21.1 Å². The summed E-state index contributed by atoms with van der Waals surface area (Å²) < 4.78 is 7.12. The van der Waals surface area contributed by atoms with E-state index in [1.54, 1.807) is 22.9 Å². The lowest BCUT2D eigenvalue weighted by atomic mass is 10.3. The van der Waals surface area contributed by atoms with Gasteiger partial charge in [-0.2, -0.15) is 4.98 Å². The number of aromatic nitrogens is 3. The molecule has 0 aliphatic rings. The Morgan fingerprint density at radius 3 is 2.89 bits per heavy atom. The summed E-state index contributed by atoms with van der Waals surface area (Å²) in [6.45, 7) is 5.19. The first kappa shape index (κ1) is 12.5. The van der Waals surface area contributed by atoms with Gasteiger partial charge in [-0.15, -0.1) is 0 Å². The van der Waals surface area contributed by atoms with Gasteiger partial charge in [0, 0.05) is 12.7 Å². The standard InChI is InChI=1S/C13H17N3O2/c1-3-8-16-12(17)10-6-5-7-14-11(10)15-13(16)18-9-4-2/h5-7H,3-4,8-9H2,1-2H3. The molecule has 2 aromatic rings. The van der Waals surface area contributed by atoms with Crippen molar-refractivity contribution in [2.24, 2.45) is 0 Å². The van der Waals surface area contributed by atoms with Gasteiger partial charge in [0.1, 0.15) is 0 Å². The SMILES string of the molecule is CCCOc1nc2ncccc2c(=O)n1CCC. The van der Waals surface area contributed by atoms with Gasteiger partial charge in [0.05, 0.1) is 12.0 Å². The molecule has 0 unspecified atom stereocenters. The summed E-state index contributed by atoms with van der Waals surface area (Å²) in [6, 6.07) is 3.86. The molecule has 5 heteroatoms. The van der Waals surface area contributed by atoms with Gasteiger partial charge in [0.15, 0.2) is 5.65 Å². The lowest BCUT2D eigenvalue weighted by Gasteiger charge is -2.12. The van der Waals surface area contributed by atoms with E-state index in [0.29, 0.717) is 30.2 Å². The van der Waals surface area contributed by atoms with Crippen LogP contribution in [0.25, 0.3) is 11.0 Å². The van der Waals surface area contributed by atoms with Gasteiger partial charge in [-0.25, -0.2) is 4.98 Å². The molecule has 2 aromatic heterocycles. The molecule has 0 fully saturated rings. The molecule has 0 saturated heterocycles. The van der Waals surface area contributed by atoms with Crippen LogP contribution in [0, 0.1) is 0 Å². The highest BCUT2D eigenvalue weighted by atomic mass is 16.5. The van der Waals surface area contributed by atoms with Crippen LogP contribution < -0.4 is 10.3 Å². The lowest BCUT2D eigenvalue weighted by Crippen LogP contribution is -2.24. The Labute approximate surface area is 105 Å². The number of hydrogen-bond acceptors (Lipinski definition) is 4. The largest absolute Gasteiger partial charge is 0.465 e. The number of nitrogens with zero attached hydrogens (tertiary/aromatic N) is 3. The average Bonchev–Trinajstić information content (AvgIpc) is 2.40. The van der Waals surface area contributed by atoms with Gasteiger partial charge in [0.25, 0.3) is 5.56 Å². The van der Waals surface area contributed by atoms with Crippen LogP contribution in [0.1, 0.15) is 26.7 Å². The average molecular weight is 247 g/mol. The van der Waals surface area contributed by atoms with Gasteiger partial charge in [-0.3, -0.25) is 9.36 Å². The molecule has 0 radical (unpaired) electrons. The minimum Gasteiger partial charge on any atom is -0.465 e. The summed E-state index contributed by atoms with van der Waals surface area (Å²) in [5.41, 5.74) is 0.363. The Morgan fingerprint density at radius 1 is 1.33 bits per heavy atom. The molecule has 18 heavy (non-hydrogen) atoms. The third-order valence-electron chi connectivity index (χ3n) is 2.58. The van der Waals surface area contributed by atoms with Crippen LogP contribution >= 0.6 is 0 Å². The molecule has 0 bridgehead atoms. The van der Waals surface area contributed by atoms with Crippen molar-refractivity contribution in [2.75, 3.05) is 6.61 Å². The highest BCUT2D eigenvalue weighted by molar-refractivity contribution is 5.73. The Kier molecular flexibility index (Phi) is 3.92. The fourth-order valence-electron chi connectivity index (χ4n) is 1.76. The summed E-state index contributed by atoms with van der Waals surface area (Å²) in [4.78, 5) is 20.7. The molecular weight excluding hydrogens is 230 g/mol. The molecule has 0 atom stereocenters. The molecule has 0 amide bonds. The molecule has 96 valence electrons. The summed E-state index contributed by atoms with van der Waals surface area (Å²) in [6.07, 6.45) is 3.36. The van der Waals surface area contributed by atoms with Crippen LogP contribution in [0.2, 0.25) is 0 Å². The highest BCUT2D eigenvalue weighted by Crippen LogP contribution is 2.11. The molecule has 2 heterocycles. The smallest absolute Gasteiger partial charge is 0.301 e. The van der Waals surface area contributed by atoms with Crippen molar-refractivity contribution in [3.63, 3.8) is 0 Å². The summed E-state index contributed by atoms with van der Waals surface area (Å²) in [5, 5.41) is 0.537. The van der Waals surface area contributed by atoms with Gasteiger partial charge in [-0.1, -0.05) is 13.8 Å². The summed E-state index contributed by atoms with van der Waals surface area (Å²) in [5.74, 6) is 0. The van der Waals surface area contributed by atoms with E-state index in [1.807, 2.05) is 13.8 Å². The van der Waals surface area contributed by atoms with Crippen molar-refractivity contribution in [3.8, 4) is 6.01 Å². The first-order valence-corrected chi connectivity index (χ1v) is 6.26. The van der Waals surface area contributed by atoms with E-state index >= 15 is 0 Å². The summed E-state index contributed by atoms with van der Waals surface area (Å²) >= 11 is 0. The summed E-state index contributed by atoms with van der Waals surface area (Å²) in [7, 11) is 0. The van der Waals surface area contributed by atoms with Crippen molar-refractivity contribution >= 4 is 11.0 Å². The second kappa shape index (κ2) is 5.62. The fourth-order valence-corrected chi connectivity index (χ4v) is 1.76. The topological polar surface area (TPSA) is 57.0 Å². The van der Waals surface area contributed by atoms with Gasteiger partial charge >= 0.3 is 6.01 Å². The van der Waals surface area contributed by atoms with Crippen molar-refractivity contribution in [3.05, 3.63) is 28.7 Å². The molecular formula is C13H17N3O2. The Balaban J connectivity index is 2.59. The maximum atomic E-state index is 12.3. The Bertz CT molecular complexity index is 592. The normalized spacial score (nSPS) is 10.8. The molecule has 0 N–H and O–H groups in total. The number of fused-ring (bicyclic) bond motifs is 1. The van der Waals surface area contributed by atoms with E-state index in [9.17, 15) is 4.79 Å². The molecule has 0 spiro atoms. The minimum atomic E-state index is -0.0824. The number of rotatable bonds is 5. The number of pyridine rings is 1. The quantitative estimate of drug-likeness (QED) is 0.810. The highest BCUT2D eigenvalue weighted by Gasteiger charge is 2.11. The molecule has 0 aromatic carbocycles. The van der Waals surface area contributed by atoms with Crippen molar-refractivity contribution in [2.45, 2.75) is 33.2 Å². The molecule has 5 nitrogen and oxygen atoms in total. The van der Waals surface area contributed by atoms with E-state index in [0.717, 1.165) is 12.8 Å². The second-order valence-corrected chi connectivity index (χ2v) is 4.07. The molecule has 0 saturated carbocycles. The number of ether oxygens (including phenoxy) is 1. The lowest BCUT2D eigenvalue weighted by molar-refractivity contribution is 0.272. The van der Waals surface area contributed by atoms with Crippen LogP contribution in [0.4, 0.5) is 0 Å². The van der Waals surface area contributed by atoms with Gasteiger partial charge in [-0.05, 0) is 25.0 Å². The van der Waals surface area contributed by atoms with Crippen molar-refractivity contribution < 1.29 is 4.74 Å². The maximum Gasteiger partial charge on any atom is 0.301 e. The second-order valence-electron chi connectivity index (χ2n) is 4.07. The van der Waals surface area contributed by atoms with E-state index in [4.69, 9.17) is 4.74 Å². The zero-order valence-corrected chi connectivity index (χ0v) is 10.7. The van der Waals surface area contributed by atoms with Crippen molar-refractivity contribution in [1.29, 1.82) is 0 Å². The Morgan fingerprint density at radius 2 is 2.17 bits per heavy atom. The minimum absolute atomic E-state index is 0.0824. The van der Waals surface area contributed by atoms with E-state index in [1.165, 1.54) is 0 Å². The molecule has 0 aliphatic heterocycles. The molecule has 0 aliphatic carbocycles. The Hall–Kier alpha value is -1.91. The van der Waals surface area contributed by atoms with E-state index < -0.39 is 0 Å². The van der Waals surface area contributed by atoms with Crippen molar-refractivity contribution in [1.82, 2.24) is 14.5 Å². The van der Waals surface area contributed by atoms with E-state index in [-0.39, 0.29) is 5.56 Å². The van der Waals surface area contributed by atoms with Gasteiger partial charge < -0.3 is 4.74 Å². The monoisotopic (exact) mass is 247 g/mol.